The lowest BCUT2D eigenvalue weighted by Gasteiger charge is -2.23. The maximum atomic E-state index is 10.8. The molecule has 5 nitrogen and oxygen atoms in total. The largest absolute Gasteiger partial charge is 0.492 e. The standard InChI is InChI=1S/C15H23NO4/c1-12-3-5-14(6-4-12)20-10-8-16(7-9-17)11-13(2)15(18)19/h3-6,13,17H,7-11H2,1-2H3,(H,18,19). The monoisotopic (exact) mass is 281 g/mol. The predicted molar refractivity (Wildman–Crippen MR) is 77.0 cm³/mol. The average molecular weight is 281 g/mol. The quantitative estimate of drug-likeness (QED) is 0.716. The van der Waals surface area contributed by atoms with E-state index in [4.69, 9.17) is 14.9 Å². The molecule has 0 radical (unpaired) electrons. The summed E-state index contributed by atoms with van der Waals surface area (Å²) in [6.07, 6.45) is 0. The number of carboxylic acid groups (broad SMARTS) is 1. The van der Waals surface area contributed by atoms with Crippen LogP contribution in [0.3, 0.4) is 0 Å². The molecule has 0 heterocycles. The molecule has 1 aromatic carbocycles. The summed E-state index contributed by atoms with van der Waals surface area (Å²) in [4.78, 5) is 12.7. The molecule has 0 aliphatic carbocycles. The van der Waals surface area contributed by atoms with Crippen molar-refractivity contribution >= 4 is 5.97 Å². The Bertz CT molecular complexity index is 405. The van der Waals surface area contributed by atoms with Crippen molar-refractivity contribution in [2.75, 3.05) is 32.8 Å². The molecule has 0 spiro atoms. The number of hydrogen-bond donors (Lipinski definition) is 2. The van der Waals surface area contributed by atoms with E-state index in [2.05, 4.69) is 0 Å². The van der Waals surface area contributed by atoms with Gasteiger partial charge in [-0.15, -0.1) is 0 Å². The zero-order chi connectivity index (χ0) is 15.0. The van der Waals surface area contributed by atoms with Gasteiger partial charge in [0.1, 0.15) is 12.4 Å². The van der Waals surface area contributed by atoms with Crippen LogP contribution >= 0.6 is 0 Å². The van der Waals surface area contributed by atoms with Crippen LogP contribution in [0.25, 0.3) is 0 Å². The number of carbonyl (C=O) groups is 1. The second kappa shape index (κ2) is 8.55. The minimum atomic E-state index is -0.826. The van der Waals surface area contributed by atoms with Crippen LogP contribution in [0.4, 0.5) is 0 Å². The molecule has 0 aliphatic rings. The Balaban J connectivity index is 2.38. The van der Waals surface area contributed by atoms with Crippen LogP contribution in [-0.4, -0.2) is 53.9 Å². The molecule has 0 saturated carbocycles. The molecule has 1 unspecified atom stereocenters. The van der Waals surface area contributed by atoms with Gasteiger partial charge < -0.3 is 14.9 Å². The summed E-state index contributed by atoms with van der Waals surface area (Å²) in [6.45, 7) is 5.61. The number of aliphatic hydroxyl groups is 1. The highest BCUT2D eigenvalue weighted by Crippen LogP contribution is 2.11. The van der Waals surface area contributed by atoms with Crippen molar-refractivity contribution < 1.29 is 19.7 Å². The van der Waals surface area contributed by atoms with Crippen molar-refractivity contribution in [3.63, 3.8) is 0 Å². The SMILES string of the molecule is Cc1ccc(OCCN(CCO)CC(C)C(=O)O)cc1. The normalized spacial score (nSPS) is 12.4. The fraction of sp³-hybridized carbons (Fsp3) is 0.533. The Hall–Kier alpha value is -1.59. The third kappa shape index (κ3) is 6.04. The third-order valence-corrected chi connectivity index (χ3v) is 3.07. The summed E-state index contributed by atoms with van der Waals surface area (Å²) < 4.78 is 5.61. The molecule has 1 rings (SSSR count). The Morgan fingerprint density at radius 2 is 1.95 bits per heavy atom. The maximum Gasteiger partial charge on any atom is 0.307 e. The fourth-order valence-electron chi connectivity index (χ4n) is 1.83. The third-order valence-electron chi connectivity index (χ3n) is 3.07. The van der Waals surface area contributed by atoms with E-state index in [9.17, 15) is 4.79 Å². The van der Waals surface area contributed by atoms with E-state index in [1.165, 1.54) is 5.56 Å². The van der Waals surface area contributed by atoms with E-state index in [1.54, 1.807) is 6.92 Å². The Morgan fingerprint density at radius 1 is 1.30 bits per heavy atom. The number of rotatable bonds is 9. The first kappa shape index (κ1) is 16.5. The number of aliphatic carboxylic acids is 1. The minimum Gasteiger partial charge on any atom is -0.492 e. The smallest absolute Gasteiger partial charge is 0.307 e. The van der Waals surface area contributed by atoms with E-state index in [0.717, 1.165) is 5.75 Å². The highest BCUT2D eigenvalue weighted by molar-refractivity contribution is 5.69. The first-order valence-electron chi connectivity index (χ1n) is 6.78. The molecular formula is C15H23NO4. The summed E-state index contributed by atoms with van der Waals surface area (Å²) >= 11 is 0. The van der Waals surface area contributed by atoms with E-state index in [1.807, 2.05) is 36.1 Å². The number of aliphatic hydroxyl groups excluding tert-OH is 1. The van der Waals surface area contributed by atoms with Gasteiger partial charge in [-0.25, -0.2) is 0 Å². The van der Waals surface area contributed by atoms with Crippen molar-refractivity contribution in [2.45, 2.75) is 13.8 Å². The number of nitrogens with zero attached hydrogens (tertiary/aromatic N) is 1. The lowest BCUT2D eigenvalue weighted by Crippen LogP contribution is -2.36. The van der Waals surface area contributed by atoms with Gasteiger partial charge in [0, 0.05) is 19.6 Å². The Labute approximate surface area is 119 Å². The van der Waals surface area contributed by atoms with Gasteiger partial charge in [-0.1, -0.05) is 24.6 Å². The summed E-state index contributed by atoms with van der Waals surface area (Å²) in [5.41, 5.74) is 1.18. The molecule has 0 aliphatic heterocycles. The Morgan fingerprint density at radius 3 is 2.50 bits per heavy atom. The number of benzene rings is 1. The van der Waals surface area contributed by atoms with Gasteiger partial charge in [0.05, 0.1) is 12.5 Å². The lowest BCUT2D eigenvalue weighted by molar-refractivity contribution is -0.141. The fourth-order valence-corrected chi connectivity index (χ4v) is 1.83. The second-order valence-corrected chi connectivity index (χ2v) is 4.93. The highest BCUT2D eigenvalue weighted by atomic mass is 16.5. The maximum absolute atomic E-state index is 10.8. The van der Waals surface area contributed by atoms with Crippen molar-refractivity contribution in [3.8, 4) is 5.75 Å². The van der Waals surface area contributed by atoms with Crippen LogP contribution in [0.15, 0.2) is 24.3 Å². The van der Waals surface area contributed by atoms with Crippen LogP contribution in [-0.2, 0) is 4.79 Å². The summed E-state index contributed by atoms with van der Waals surface area (Å²) in [7, 11) is 0. The van der Waals surface area contributed by atoms with Gasteiger partial charge in [0.2, 0.25) is 0 Å². The van der Waals surface area contributed by atoms with Crippen molar-refractivity contribution in [1.82, 2.24) is 4.90 Å². The molecule has 112 valence electrons. The number of carboxylic acids is 1. The van der Waals surface area contributed by atoms with Crippen LogP contribution in [0.2, 0.25) is 0 Å². The van der Waals surface area contributed by atoms with Crippen molar-refractivity contribution in [1.29, 1.82) is 0 Å². The molecule has 5 heteroatoms. The van der Waals surface area contributed by atoms with Crippen LogP contribution in [0.5, 0.6) is 5.75 Å². The summed E-state index contributed by atoms with van der Waals surface area (Å²) in [5, 5.41) is 17.9. The average Bonchev–Trinajstić information content (AvgIpc) is 2.41. The molecule has 2 N–H and O–H groups in total. The summed E-state index contributed by atoms with van der Waals surface area (Å²) in [5.74, 6) is -0.487. The van der Waals surface area contributed by atoms with Crippen LogP contribution < -0.4 is 4.74 Å². The molecule has 0 aromatic heterocycles. The second-order valence-electron chi connectivity index (χ2n) is 4.93. The first-order valence-corrected chi connectivity index (χ1v) is 6.78. The topological polar surface area (TPSA) is 70.0 Å². The van der Waals surface area contributed by atoms with Crippen LogP contribution in [0, 0.1) is 12.8 Å². The molecule has 0 bridgehead atoms. The van der Waals surface area contributed by atoms with Gasteiger partial charge >= 0.3 is 5.97 Å². The zero-order valence-electron chi connectivity index (χ0n) is 12.1. The molecule has 0 fully saturated rings. The first-order chi connectivity index (χ1) is 9.52. The van der Waals surface area contributed by atoms with Gasteiger partial charge in [0.25, 0.3) is 0 Å². The Kier molecular flexibility index (Phi) is 7.04. The van der Waals surface area contributed by atoms with Gasteiger partial charge in [0.15, 0.2) is 0 Å². The van der Waals surface area contributed by atoms with Gasteiger partial charge in [-0.2, -0.15) is 0 Å². The predicted octanol–water partition coefficient (Wildman–Crippen LogP) is 1.39. The lowest BCUT2D eigenvalue weighted by atomic mass is 10.1. The van der Waals surface area contributed by atoms with Crippen LogP contribution in [0.1, 0.15) is 12.5 Å². The number of aryl methyl sites for hydroxylation is 1. The number of hydrogen-bond acceptors (Lipinski definition) is 4. The van der Waals surface area contributed by atoms with E-state index < -0.39 is 11.9 Å². The van der Waals surface area contributed by atoms with Crippen molar-refractivity contribution in [3.05, 3.63) is 29.8 Å². The van der Waals surface area contributed by atoms with Crippen molar-refractivity contribution in [2.24, 2.45) is 5.92 Å². The summed E-state index contributed by atoms with van der Waals surface area (Å²) in [6, 6.07) is 7.78. The number of ether oxygens (including phenoxy) is 1. The molecular weight excluding hydrogens is 258 g/mol. The molecule has 1 aromatic rings. The molecule has 0 saturated heterocycles. The zero-order valence-corrected chi connectivity index (χ0v) is 12.1. The highest BCUT2D eigenvalue weighted by Gasteiger charge is 2.15. The van der Waals surface area contributed by atoms with E-state index >= 15 is 0 Å². The van der Waals surface area contributed by atoms with E-state index in [-0.39, 0.29) is 6.61 Å². The van der Waals surface area contributed by atoms with Gasteiger partial charge in [-0.05, 0) is 19.1 Å². The molecule has 1 atom stereocenters. The minimum absolute atomic E-state index is 0.0108. The molecule has 0 amide bonds. The van der Waals surface area contributed by atoms with Gasteiger partial charge in [-0.3, -0.25) is 9.69 Å². The van der Waals surface area contributed by atoms with E-state index in [0.29, 0.717) is 26.2 Å². The molecule has 20 heavy (non-hydrogen) atoms.